The van der Waals surface area contributed by atoms with Crippen molar-refractivity contribution in [3.63, 3.8) is 0 Å². The largest absolute Gasteiger partial charge is 0.379 e. The van der Waals surface area contributed by atoms with Crippen LogP contribution >= 0.6 is 11.3 Å². The molecule has 3 heterocycles. The van der Waals surface area contributed by atoms with Crippen LogP contribution in [0.25, 0.3) is 22.6 Å². The Morgan fingerprint density at radius 3 is 2.96 bits per heavy atom. The van der Waals surface area contributed by atoms with Crippen LogP contribution in [0.3, 0.4) is 0 Å². The highest BCUT2D eigenvalue weighted by Gasteiger charge is 2.20. The summed E-state index contributed by atoms with van der Waals surface area (Å²) < 4.78 is 6.37. The normalized spacial score (nSPS) is 11.4. The molecule has 4 rings (SSSR count). The SMILES string of the molecule is Cc1ccsc1/C=N/NC(=O)Cn1c(-c2nonc2N)nc2ccccc21. The predicted octanol–water partition coefficient (Wildman–Crippen LogP) is 2.19. The molecule has 1 amide bonds. The van der Waals surface area contributed by atoms with Crippen LogP contribution in [0.4, 0.5) is 5.82 Å². The Hall–Kier alpha value is -3.53. The van der Waals surface area contributed by atoms with E-state index in [1.807, 2.05) is 42.6 Å². The quantitative estimate of drug-likeness (QED) is 0.403. The van der Waals surface area contributed by atoms with E-state index >= 15 is 0 Å². The number of para-hydroxylation sites is 2. The minimum Gasteiger partial charge on any atom is -0.379 e. The molecular weight excluding hydrogens is 366 g/mol. The number of nitrogen functional groups attached to an aromatic ring is 1. The third-order valence-corrected chi connectivity index (χ3v) is 4.91. The van der Waals surface area contributed by atoms with Gasteiger partial charge in [-0.3, -0.25) is 4.79 Å². The maximum atomic E-state index is 12.4. The molecule has 0 atom stereocenters. The molecule has 4 aromatic rings. The fraction of sp³-hybridized carbons (Fsp3) is 0.118. The fourth-order valence-corrected chi connectivity index (χ4v) is 3.41. The summed E-state index contributed by atoms with van der Waals surface area (Å²) in [7, 11) is 0. The summed E-state index contributed by atoms with van der Waals surface area (Å²) in [5, 5.41) is 13.4. The third-order valence-electron chi connectivity index (χ3n) is 3.95. The number of nitrogens with one attached hydrogen (secondary N) is 1. The van der Waals surface area contributed by atoms with Gasteiger partial charge in [0.25, 0.3) is 5.91 Å². The van der Waals surface area contributed by atoms with Gasteiger partial charge in [-0.25, -0.2) is 15.0 Å². The first kappa shape index (κ1) is 16.9. The number of rotatable bonds is 5. The molecule has 0 radical (unpaired) electrons. The van der Waals surface area contributed by atoms with E-state index < -0.39 is 0 Å². The van der Waals surface area contributed by atoms with Gasteiger partial charge in [0.15, 0.2) is 17.3 Å². The van der Waals surface area contributed by atoms with E-state index in [9.17, 15) is 4.79 Å². The molecule has 0 aliphatic heterocycles. The topological polar surface area (TPSA) is 124 Å². The number of benzene rings is 1. The molecule has 0 saturated carbocycles. The zero-order valence-corrected chi connectivity index (χ0v) is 15.1. The van der Waals surface area contributed by atoms with Gasteiger partial charge in [-0.2, -0.15) is 5.10 Å². The summed E-state index contributed by atoms with van der Waals surface area (Å²) in [6.45, 7) is 1.98. The highest BCUT2D eigenvalue weighted by atomic mass is 32.1. The zero-order chi connectivity index (χ0) is 18.8. The van der Waals surface area contributed by atoms with Gasteiger partial charge in [0, 0.05) is 4.88 Å². The zero-order valence-electron chi connectivity index (χ0n) is 14.3. The van der Waals surface area contributed by atoms with Crippen LogP contribution in [-0.4, -0.2) is 32.0 Å². The number of aryl methyl sites for hydroxylation is 1. The number of nitrogens with zero attached hydrogens (tertiary/aromatic N) is 5. The highest BCUT2D eigenvalue weighted by Crippen LogP contribution is 2.26. The molecule has 1 aromatic carbocycles. The molecular formula is C17H15N7O2S. The van der Waals surface area contributed by atoms with Gasteiger partial charge in [0.05, 0.1) is 17.2 Å². The number of imidazole rings is 1. The number of thiophene rings is 1. The molecule has 27 heavy (non-hydrogen) atoms. The van der Waals surface area contributed by atoms with E-state index in [1.165, 1.54) is 0 Å². The number of hydrogen-bond donors (Lipinski definition) is 2. The Labute approximate surface area is 157 Å². The number of hydrogen-bond acceptors (Lipinski definition) is 8. The van der Waals surface area contributed by atoms with Crippen molar-refractivity contribution in [2.45, 2.75) is 13.5 Å². The van der Waals surface area contributed by atoms with Crippen LogP contribution in [0.15, 0.2) is 45.4 Å². The monoisotopic (exact) mass is 381 g/mol. The Balaban J connectivity index is 1.61. The first-order valence-corrected chi connectivity index (χ1v) is 8.91. The van der Waals surface area contributed by atoms with Gasteiger partial charge in [-0.05, 0) is 46.4 Å². The minimum atomic E-state index is -0.306. The Kier molecular flexibility index (Phi) is 4.38. The lowest BCUT2D eigenvalue weighted by Gasteiger charge is -2.06. The van der Waals surface area contributed by atoms with E-state index in [1.54, 1.807) is 22.1 Å². The number of fused-ring (bicyclic) bond motifs is 1. The standard InChI is InChI=1S/C17H15N7O2S/c1-10-6-7-27-13(10)8-19-21-14(25)9-24-12-5-3-2-4-11(12)20-17(24)15-16(18)23-26-22-15/h2-8H,9H2,1H3,(H2,18,23)(H,21,25)/b19-8+. The summed E-state index contributed by atoms with van der Waals surface area (Å²) in [5.41, 5.74) is 11.2. The second-order valence-corrected chi connectivity index (χ2v) is 6.72. The summed E-state index contributed by atoms with van der Waals surface area (Å²) in [6, 6.07) is 9.43. The van der Waals surface area contributed by atoms with Gasteiger partial charge in [-0.1, -0.05) is 12.1 Å². The Morgan fingerprint density at radius 2 is 2.22 bits per heavy atom. The smallest absolute Gasteiger partial charge is 0.260 e. The lowest BCUT2D eigenvalue weighted by molar-refractivity contribution is -0.121. The van der Waals surface area contributed by atoms with Gasteiger partial charge < -0.3 is 10.3 Å². The van der Waals surface area contributed by atoms with Crippen molar-refractivity contribution in [3.8, 4) is 11.5 Å². The van der Waals surface area contributed by atoms with E-state index in [0.717, 1.165) is 16.0 Å². The molecule has 0 aliphatic rings. The van der Waals surface area contributed by atoms with Crippen LogP contribution in [0.1, 0.15) is 10.4 Å². The molecule has 0 fully saturated rings. The van der Waals surface area contributed by atoms with Crippen molar-refractivity contribution in [2.75, 3.05) is 5.73 Å². The second kappa shape index (κ2) is 7.00. The highest BCUT2D eigenvalue weighted by molar-refractivity contribution is 7.11. The van der Waals surface area contributed by atoms with Crippen molar-refractivity contribution < 1.29 is 9.42 Å². The van der Waals surface area contributed by atoms with Crippen molar-refractivity contribution >= 4 is 40.3 Å². The molecule has 0 unspecified atom stereocenters. The first-order chi connectivity index (χ1) is 13.1. The van der Waals surface area contributed by atoms with Gasteiger partial charge >= 0.3 is 0 Å². The van der Waals surface area contributed by atoms with E-state index in [2.05, 4.69) is 30.5 Å². The lowest BCUT2D eigenvalue weighted by atomic mass is 10.3. The van der Waals surface area contributed by atoms with Crippen molar-refractivity contribution in [1.29, 1.82) is 0 Å². The van der Waals surface area contributed by atoms with E-state index in [-0.39, 0.29) is 24.0 Å². The molecule has 3 N–H and O–H groups in total. The minimum absolute atomic E-state index is 0.0110. The molecule has 0 aliphatic carbocycles. The molecule has 0 spiro atoms. The average Bonchev–Trinajstić information content (AvgIpc) is 3.35. The van der Waals surface area contributed by atoms with Gasteiger partial charge in [-0.15, -0.1) is 11.3 Å². The second-order valence-electron chi connectivity index (χ2n) is 5.77. The molecule has 136 valence electrons. The van der Waals surface area contributed by atoms with E-state index in [4.69, 9.17) is 5.73 Å². The van der Waals surface area contributed by atoms with Gasteiger partial charge in [0.1, 0.15) is 6.54 Å². The van der Waals surface area contributed by atoms with Crippen LogP contribution in [-0.2, 0) is 11.3 Å². The van der Waals surface area contributed by atoms with Crippen LogP contribution in [0.5, 0.6) is 0 Å². The summed E-state index contributed by atoms with van der Waals surface area (Å²) in [6.07, 6.45) is 1.63. The van der Waals surface area contributed by atoms with Crippen molar-refractivity contribution in [3.05, 3.63) is 46.2 Å². The summed E-state index contributed by atoms with van der Waals surface area (Å²) >= 11 is 1.56. The summed E-state index contributed by atoms with van der Waals surface area (Å²) in [4.78, 5) is 17.9. The number of nitrogens with two attached hydrogens (primary N) is 1. The third kappa shape index (κ3) is 3.29. The Bertz CT molecular complexity index is 1140. The van der Waals surface area contributed by atoms with Crippen LogP contribution in [0.2, 0.25) is 0 Å². The van der Waals surface area contributed by atoms with Crippen LogP contribution < -0.4 is 11.2 Å². The van der Waals surface area contributed by atoms with Crippen LogP contribution in [0, 0.1) is 6.92 Å². The first-order valence-electron chi connectivity index (χ1n) is 8.03. The number of anilines is 1. The number of aromatic nitrogens is 4. The number of carbonyl (C=O) groups is 1. The summed E-state index contributed by atoms with van der Waals surface area (Å²) in [5.74, 6) is 0.209. The lowest BCUT2D eigenvalue weighted by Crippen LogP contribution is -2.23. The van der Waals surface area contributed by atoms with Crippen molar-refractivity contribution in [2.24, 2.45) is 5.10 Å². The number of hydrazone groups is 1. The van der Waals surface area contributed by atoms with Gasteiger partial charge in [0.2, 0.25) is 0 Å². The molecule has 0 bridgehead atoms. The molecule has 10 heteroatoms. The number of amides is 1. The average molecular weight is 381 g/mol. The predicted molar refractivity (Wildman–Crippen MR) is 102 cm³/mol. The van der Waals surface area contributed by atoms with Crippen molar-refractivity contribution in [1.82, 2.24) is 25.3 Å². The molecule has 9 nitrogen and oxygen atoms in total. The molecule has 3 aromatic heterocycles. The number of carbonyl (C=O) groups excluding carboxylic acids is 1. The fourth-order valence-electron chi connectivity index (χ4n) is 2.63. The van der Waals surface area contributed by atoms with E-state index in [0.29, 0.717) is 11.3 Å². The molecule has 0 saturated heterocycles. The maximum absolute atomic E-state index is 12.4. The maximum Gasteiger partial charge on any atom is 0.260 e. The Morgan fingerprint density at radius 1 is 1.37 bits per heavy atom.